The third kappa shape index (κ3) is 3.13. The lowest BCUT2D eigenvalue weighted by Gasteiger charge is -2.18. The number of rotatable bonds is 7. The van der Waals surface area contributed by atoms with Gasteiger partial charge in [-0.3, -0.25) is 4.79 Å². The van der Waals surface area contributed by atoms with E-state index in [2.05, 4.69) is 4.57 Å². The fraction of sp³-hybridized carbons (Fsp3) is 0.643. The number of amides is 1. The molecule has 0 radical (unpaired) electrons. The van der Waals surface area contributed by atoms with Gasteiger partial charge in [-0.15, -0.1) is 0 Å². The first kappa shape index (κ1) is 13.1. The zero-order valence-corrected chi connectivity index (χ0v) is 11.0. The van der Waals surface area contributed by atoms with Gasteiger partial charge < -0.3 is 14.6 Å². The van der Waals surface area contributed by atoms with Crippen molar-refractivity contribution in [2.75, 3.05) is 20.2 Å². The van der Waals surface area contributed by atoms with E-state index in [0.717, 1.165) is 31.5 Å². The van der Waals surface area contributed by atoms with Gasteiger partial charge in [0.05, 0.1) is 0 Å². The second kappa shape index (κ2) is 6.05. The minimum absolute atomic E-state index is 0.107. The highest BCUT2D eigenvalue weighted by atomic mass is 16.2. The predicted molar refractivity (Wildman–Crippen MR) is 70.6 cm³/mol. The highest BCUT2D eigenvalue weighted by molar-refractivity contribution is 5.92. The van der Waals surface area contributed by atoms with E-state index in [1.54, 1.807) is 4.90 Å². The highest BCUT2D eigenvalue weighted by Gasteiger charge is 2.27. The van der Waals surface area contributed by atoms with Crippen molar-refractivity contribution in [2.45, 2.75) is 38.1 Å². The zero-order valence-electron chi connectivity index (χ0n) is 11.0. The molecule has 1 aliphatic rings. The average Bonchev–Trinajstić information content (AvgIpc) is 3.11. The Balaban J connectivity index is 1.87. The monoisotopic (exact) mass is 250 g/mol. The number of carbonyl (C=O) groups excluding carboxylic acids is 1. The second-order valence-electron chi connectivity index (χ2n) is 5.04. The van der Waals surface area contributed by atoms with E-state index in [1.165, 1.54) is 12.8 Å². The molecule has 0 saturated heterocycles. The van der Waals surface area contributed by atoms with E-state index in [1.807, 2.05) is 25.4 Å². The molecule has 2 rings (SSSR count). The smallest absolute Gasteiger partial charge is 0.270 e. The molecule has 4 heteroatoms. The van der Waals surface area contributed by atoms with Crippen molar-refractivity contribution >= 4 is 5.91 Å². The lowest BCUT2D eigenvalue weighted by atomic mass is 10.2. The van der Waals surface area contributed by atoms with E-state index in [4.69, 9.17) is 5.11 Å². The second-order valence-corrected chi connectivity index (χ2v) is 5.04. The Bertz CT molecular complexity index is 396. The molecule has 1 saturated carbocycles. The zero-order chi connectivity index (χ0) is 13.0. The molecule has 1 aromatic heterocycles. The Morgan fingerprint density at radius 3 is 2.89 bits per heavy atom. The van der Waals surface area contributed by atoms with Gasteiger partial charge in [0.2, 0.25) is 0 Å². The topological polar surface area (TPSA) is 45.5 Å². The van der Waals surface area contributed by atoms with Gasteiger partial charge in [0, 0.05) is 32.4 Å². The maximum Gasteiger partial charge on any atom is 0.270 e. The molecule has 0 bridgehead atoms. The van der Waals surface area contributed by atoms with Gasteiger partial charge in [0.1, 0.15) is 5.69 Å². The molecule has 0 aromatic carbocycles. The fourth-order valence-corrected chi connectivity index (χ4v) is 2.18. The largest absolute Gasteiger partial charge is 0.396 e. The summed E-state index contributed by atoms with van der Waals surface area (Å²) in [5.41, 5.74) is 0.808. The van der Waals surface area contributed by atoms with Crippen LogP contribution in [-0.4, -0.2) is 40.7 Å². The lowest BCUT2D eigenvalue weighted by molar-refractivity contribution is 0.0781. The van der Waals surface area contributed by atoms with Crippen LogP contribution in [0.15, 0.2) is 18.3 Å². The first-order chi connectivity index (χ1) is 8.74. The summed E-state index contributed by atoms with van der Waals surface area (Å²) in [5.74, 6) is 0.107. The van der Waals surface area contributed by atoms with Crippen LogP contribution in [0, 0.1) is 0 Å². The van der Waals surface area contributed by atoms with Crippen LogP contribution in [0.25, 0.3) is 0 Å². The number of hydrogen-bond acceptors (Lipinski definition) is 2. The normalized spacial score (nSPS) is 14.8. The van der Waals surface area contributed by atoms with Gasteiger partial charge >= 0.3 is 0 Å². The Morgan fingerprint density at radius 1 is 1.44 bits per heavy atom. The number of hydrogen-bond donors (Lipinski definition) is 1. The quantitative estimate of drug-likeness (QED) is 0.753. The third-order valence-corrected chi connectivity index (χ3v) is 3.44. The van der Waals surface area contributed by atoms with E-state index >= 15 is 0 Å². The fourth-order valence-electron chi connectivity index (χ4n) is 2.18. The summed E-state index contributed by atoms with van der Waals surface area (Å²) in [4.78, 5) is 14.1. The van der Waals surface area contributed by atoms with Crippen LogP contribution in [0.2, 0.25) is 0 Å². The van der Waals surface area contributed by atoms with E-state index in [0.29, 0.717) is 6.04 Å². The number of aliphatic hydroxyl groups excluding tert-OH is 1. The molecule has 1 N–H and O–H groups in total. The summed E-state index contributed by atoms with van der Waals surface area (Å²) in [6.07, 6.45) is 7.13. The van der Waals surface area contributed by atoms with Crippen molar-refractivity contribution in [3.05, 3.63) is 24.0 Å². The van der Waals surface area contributed by atoms with Crippen LogP contribution in [-0.2, 0) is 0 Å². The van der Waals surface area contributed by atoms with Crippen molar-refractivity contribution < 1.29 is 9.90 Å². The summed E-state index contributed by atoms with van der Waals surface area (Å²) in [6, 6.07) is 4.40. The third-order valence-electron chi connectivity index (χ3n) is 3.44. The Kier molecular flexibility index (Phi) is 4.42. The molecule has 1 aromatic rings. The molecular weight excluding hydrogens is 228 g/mol. The maximum atomic E-state index is 12.3. The molecule has 18 heavy (non-hydrogen) atoms. The number of nitrogens with zero attached hydrogens (tertiary/aromatic N) is 2. The molecule has 1 aliphatic carbocycles. The van der Waals surface area contributed by atoms with Crippen molar-refractivity contribution in [3.8, 4) is 0 Å². The average molecular weight is 250 g/mol. The van der Waals surface area contributed by atoms with E-state index in [-0.39, 0.29) is 12.5 Å². The molecule has 1 amide bonds. The molecule has 1 heterocycles. The minimum atomic E-state index is 0.107. The van der Waals surface area contributed by atoms with Crippen LogP contribution < -0.4 is 0 Å². The maximum absolute atomic E-state index is 12.3. The van der Waals surface area contributed by atoms with Crippen molar-refractivity contribution in [1.82, 2.24) is 9.47 Å². The van der Waals surface area contributed by atoms with Gasteiger partial charge in [-0.05, 0) is 44.2 Å². The van der Waals surface area contributed by atoms with E-state index < -0.39 is 0 Å². The van der Waals surface area contributed by atoms with Crippen molar-refractivity contribution in [3.63, 3.8) is 0 Å². The summed E-state index contributed by atoms with van der Waals surface area (Å²) in [5, 5.41) is 8.71. The molecule has 0 atom stereocenters. The Labute approximate surface area is 108 Å². The number of unbranched alkanes of at least 4 members (excludes halogenated alkanes) is 2. The SMILES string of the molecule is CN(CCCCCO)C(=O)c1cccn1C1CC1. The van der Waals surface area contributed by atoms with Crippen LogP contribution in [0.4, 0.5) is 0 Å². The predicted octanol–water partition coefficient (Wildman–Crippen LogP) is 2.06. The molecule has 4 nitrogen and oxygen atoms in total. The van der Waals surface area contributed by atoms with Gasteiger partial charge in [-0.25, -0.2) is 0 Å². The van der Waals surface area contributed by atoms with Gasteiger partial charge in [0.15, 0.2) is 0 Å². The summed E-state index contributed by atoms with van der Waals surface area (Å²) in [6.45, 7) is 0.997. The minimum Gasteiger partial charge on any atom is -0.396 e. The van der Waals surface area contributed by atoms with Crippen molar-refractivity contribution in [2.24, 2.45) is 0 Å². The summed E-state index contributed by atoms with van der Waals surface area (Å²) >= 11 is 0. The van der Waals surface area contributed by atoms with Gasteiger partial charge in [-0.1, -0.05) is 0 Å². The molecule has 0 unspecified atom stereocenters. The lowest BCUT2D eigenvalue weighted by Crippen LogP contribution is -2.29. The van der Waals surface area contributed by atoms with Crippen LogP contribution in [0.1, 0.15) is 48.6 Å². The highest BCUT2D eigenvalue weighted by Crippen LogP contribution is 2.36. The summed E-state index contributed by atoms with van der Waals surface area (Å²) in [7, 11) is 1.85. The molecular formula is C14H22N2O2. The van der Waals surface area contributed by atoms with Gasteiger partial charge in [-0.2, -0.15) is 0 Å². The van der Waals surface area contributed by atoms with Crippen LogP contribution in [0.5, 0.6) is 0 Å². The first-order valence-corrected chi connectivity index (χ1v) is 6.77. The van der Waals surface area contributed by atoms with E-state index in [9.17, 15) is 4.79 Å². The van der Waals surface area contributed by atoms with Crippen LogP contribution in [0.3, 0.4) is 0 Å². The molecule has 0 spiro atoms. The van der Waals surface area contributed by atoms with Gasteiger partial charge in [0.25, 0.3) is 5.91 Å². The molecule has 1 fully saturated rings. The number of aromatic nitrogens is 1. The standard InChI is InChI=1S/C14H22N2O2/c1-15(9-3-2-4-11-17)14(18)13-6-5-10-16(13)12-7-8-12/h5-6,10,12,17H,2-4,7-9,11H2,1H3. The van der Waals surface area contributed by atoms with Crippen LogP contribution >= 0.6 is 0 Å². The number of carbonyl (C=O) groups is 1. The summed E-state index contributed by atoms with van der Waals surface area (Å²) < 4.78 is 2.10. The first-order valence-electron chi connectivity index (χ1n) is 6.77. The number of aliphatic hydroxyl groups is 1. The molecule has 100 valence electrons. The Morgan fingerprint density at radius 2 is 2.22 bits per heavy atom. The molecule has 0 aliphatic heterocycles. The van der Waals surface area contributed by atoms with Crippen molar-refractivity contribution in [1.29, 1.82) is 0 Å². The Hall–Kier alpha value is -1.29.